The first-order chi connectivity index (χ1) is 14.4. The van der Waals surface area contributed by atoms with Gasteiger partial charge in [-0.3, -0.25) is 4.79 Å². The molecule has 0 aliphatic carbocycles. The lowest BCUT2D eigenvalue weighted by Crippen LogP contribution is -2.25. The number of amides is 1. The fourth-order valence-corrected chi connectivity index (χ4v) is 3.67. The average molecular weight is 431 g/mol. The van der Waals surface area contributed by atoms with Crippen molar-refractivity contribution >= 4 is 27.7 Å². The second-order valence-corrected chi connectivity index (χ2v) is 8.07. The van der Waals surface area contributed by atoms with Gasteiger partial charge in [-0.25, -0.2) is 13.1 Å². The van der Waals surface area contributed by atoms with Crippen molar-refractivity contribution in [2.75, 3.05) is 25.6 Å². The average Bonchev–Trinajstić information content (AvgIpc) is 2.72. The van der Waals surface area contributed by atoms with Crippen LogP contribution in [0.25, 0.3) is 6.08 Å². The van der Waals surface area contributed by atoms with Crippen molar-refractivity contribution in [3.63, 3.8) is 0 Å². The molecule has 8 heteroatoms. The fourth-order valence-electron chi connectivity index (χ4n) is 2.56. The molecule has 0 fully saturated rings. The van der Waals surface area contributed by atoms with E-state index >= 15 is 0 Å². The second-order valence-electron chi connectivity index (χ2n) is 6.26. The highest BCUT2D eigenvalue weighted by molar-refractivity contribution is 7.88. The molecule has 0 spiro atoms. The maximum absolute atomic E-state index is 12.2. The second kappa shape index (κ2) is 11.2. The van der Waals surface area contributed by atoms with Crippen LogP contribution in [0.3, 0.4) is 0 Å². The van der Waals surface area contributed by atoms with Gasteiger partial charge in [0.25, 0.3) is 0 Å². The number of ether oxygens (including phenoxy) is 2. The number of hydrogen-bond acceptors (Lipinski definition) is 5. The van der Waals surface area contributed by atoms with Gasteiger partial charge in [0.1, 0.15) is 0 Å². The third kappa shape index (κ3) is 7.38. The number of methoxy groups -OCH3 is 1. The summed E-state index contributed by atoms with van der Waals surface area (Å²) in [5.41, 5.74) is 1.97. The molecule has 0 aromatic heterocycles. The van der Waals surface area contributed by atoms with Gasteiger partial charge in [-0.15, -0.1) is 6.58 Å². The Kier molecular flexibility index (Phi) is 8.64. The van der Waals surface area contributed by atoms with Crippen LogP contribution < -0.4 is 19.5 Å². The molecule has 1 amide bonds. The topological polar surface area (TPSA) is 93.7 Å². The van der Waals surface area contributed by atoms with Crippen LogP contribution in [0.15, 0.2) is 61.2 Å². The van der Waals surface area contributed by atoms with Crippen LogP contribution in [0.4, 0.5) is 5.69 Å². The summed E-state index contributed by atoms with van der Waals surface area (Å²) in [7, 11) is -1.85. The normalized spacial score (nSPS) is 11.3. The lowest BCUT2D eigenvalue weighted by molar-refractivity contribution is -0.111. The molecule has 0 atom stereocenters. The van der Waals surface area contributed by atoms with Gasteiger partial charge in [0, 0.05) is 18.3 Å². The van der Waals surface area contributed by atoms with Crippen molar-refractivity contribution in [2.24, 2.45) is 0 Å². The molecule has 0 unspecified atom stereocenters. The molecule has 0 saturated heterocycles. The van der Waals surface area contributed by atoms with Crippen LogP contribution in [-0.2, 0) is 20.6 Å². The van der Waals surface area contributed by atoms with Gasteiger partial charge in [0.05, 0.1) is 19.5 Å². The quantitative estimate of drug-likeness (QED) is 0.421. The van der Waals surface area contributed by atoms with E-state index in [2.05, 4.69) is 16.6 Å². The molecule has 0 aliphatic heterocycles. The predicted octanol–water partition coefficient (Wildman–Crippen LogP) is 3.35. The van der Waals surface area contributed by atoms with Gasteiger partial charge >= 0.3 is 0 Å². The van der Waals surface area contributed by atoms with E-state index in [4.69, 9.17) is 9.47 Å². The molecule has 0 aliphatic rings. The number of rotatable bonds is 11. The minimum absolute atomic E-state index is 0.144. The van der Waals surface area contributed by atoms with Gasteiger partial charge in [0.15, 0.2) is 11.5 Å². The summed E-state index contributed by atoms with van der Waals surface area (Å²) >= 11 is 0. The number of carbonyl (C=O) groups excluding carboxylic acids is 1. The Balaban J connectivity index is 1.98. The Labute approximate surface area is 177 Å². The van der Waals surface area contributed by atoms with Gasteiger partial charge < -0.3 is 14.8 Å². The maximum Gasteiger partial charge on any atom is 0.248 e. The van der Waals surface area contributed by atoms with Gasteiger partial charge in [-0.2, -0.15) is 0 Å². The summed E-state index contributed by atoms with van der Waals surface area (Å²) in [4.78, 5) is 12.2. The lowest BCUT2D eigenvalue weighted by Gasteiger charge is -2.09. The molecule has 2 aromatic rings. The van der Waals surface area contributed by atoms with E-state index in [0.717, 1.165) is 5.56 Å². The highest BCUT2D eigenvalue weighted by Crippen LogP contribution is 2.28. The van der Waals surface area contributed by atoms with Crippen LogP contribution in [0, 0.1) is 0 Å². The number of anilines is 1. The van der Waals surface area contributed by atoms with E-state index < -0.39 is 10.0 Å². The van der Waals surface area contributed by atoms with E-state index in [-0.39, 0.29) is 18.2 Å². The molecule has 2 aromatic carbocycles. The number of sulfonamides is 1. The van der Waals surface area contributed by atoms with E-state index in [1.54, 1.807) is 49.6 Å². The number of benzene rings is 2. The summed E-state index contributed by atoms with van der Waals surface area (Å²) in [6, 6.07) is 12.0. The Hall–Kier alpha value is -3.10. The summed E-state index contributed by atoms with van der Waals surface area (Å²) in [6.45, 7) is 6.05. The van der Waals surface area contributed by atoms with Crippen molar-refractivity contribution < 1.29 is 22.7 Å². The Morgan fingerprint density at radius 2 is 1.87 bits per heavy atom. The third-order valence-corrected chi connectivity index (χ3v) is 5.26. The monoisotopic (exact) mass is 430 g/mol. The molecule has 2 rings (SSSR count). The van der Waals surface area contributed by atoms with Crippen molar-refractivity contribution in [3.8, 4) is 11.5 Å². The minimum atomic E-state index is -3.42. The highest BCUT2D eigenvalue weighted by atomic mass is 32.2. The van der Waals surface area contributed by atoms with Gasteiger partial charge in [0.2, 0.25) is 15.9 Å². The summed E-state index contributed by atoms with van der Waals surface area (Å²) in [6.07, 6.45) is 4.56. The van der Waals surface area contributed by atoms with Crippen molar-refractivity contribution in [3.05, 3.63) is 72.3 Å². The molecule has 0 saturated carbocycles. The number of carbonyl (C=O) groups is 1. The van der Waals surface area contributed by atoms with Crippen LogP contribution >= 0.6 is 0 Å². The van der Waals surface area contributed by atoms with Crippen LogP contribution in [0.2, 0.25) is 0 Å². The molecule has 30 heavy (non-hydrogen) atoms. The van der Waals surface area contributed by atoms with Crippen molar-refractivity contribution in [1.82, 2.24) is 4.72 Å². The van der Waals surface area contributed by atoms with Crippen LogP contribution in [-0.4, -0.2) is 34.6 Å². The van der Waals surface area contributed by atoms with E-state index in [9.17, 15) is 13.2 Å². The molecule has 0 bridgehead atoms. The first-order valence-electron chi connectivity index (χ1n) is 9.34. The molecule has 160 valence electrons. The van der Waals surface area contributed by atoms with Crippen LogP contribution in [0.1, 0.15) is 18.1 Å². The SMILES string of the molecule is C=CCNS(=O)(=O)Cc1ccc(NC(=O)/C=C/c2ccc(OC)c(OCC)c2)cc1. The number of hydrogen-bond donors (Lipinski definition) is 2. The Bertz CT molecular complexity index is 999. The first kappa shape index (κ1) is 23.2. The van der Waals surface area contributed by atoms with Gasteiger partial charge in [-0.1, -0.05) is 24.3 Å². The molecular formula is C22H26N2O5S. The van der Waals surface area contributed by atoms with Crippen molar-refractivity contribution in [2.45, 2.75) is 12.7 Å². The third-order valence-electron chi connectivity index (χ3n) is 3.94. The summed E-state index contributed by atoms with van der Waals surface area (Å²) in [5, 5.41) is 2.74. The van der Waals surface area contributed by atoms with Gasteiger partial charge in [-0.05, 0) is 48.4 Å². The highest BCUT2D eigenvalue weighted by Gasteiger charge is 2.10. The molecule has 7 nitrogen and oxygen atoms in total. The Morgan fingerprint density at radius 3 is 2.50 bits per heavy atom. The number of nitrogens with one attached hydrogen (secondary N) is 2. The van der Waals surface area contributed by atoms with Crippen molar-refractivity contribution in [1.29, 1.82) is 0 Å². The lowest BCUT2D eigenvalue weighted by atomic mass is 10.2. The van der Waals surface area contributed by atoms with Crippen LogP contribution in [0.5, 0.6) is 11.5 Å². The minimum Gasteiger partial charge on any atom is -0.493 e. The van der Waals surface area contributed by atoms with E-state index in [0.29, 0.717) is 29.4 Å². The molecule has 0 radical (unpaired) electrons. The molecule has 0 heterocycles. The van der Waals surface area contributed by atoms with E-state index in [1.807, 2.05) is 13.0 Å². The zero-order chi connectivity index (χ0) is 22.0. The fraction of sp³-hybridized carbons (Fsp3) is 0.227. The molecule has 2 N–H and O–H groups in total. The maximum atomic E-state index is 12.2. The summed E-state index contributed by atoms with van der Waals surface area (Å²) < 4.78 is 37.0. The zero-order valence-corrected chi connectivity index (χ0v) is 17.9. The zero-order valence-electron chi connectivity index (χ0n) is 17.1. The summed E-state index contributed by atoms with van der Waals surface area (Å²) in [5.74, 6) is 0.780. The molecular weight excluding hydrogens is 404 g/mol. The smallest absolute Gasteiger partial charge is 0.248 e. The first-order valence-corrected chi connectivity index (χ1v) is 11.0. The standard InChI is InChI=1S/C22H26N2O5S/c1-4-14-23-30(26,27)16-18-6-10-19(11-7-18)24-22(25)13-9-17-8-12-20(28-3)21(15-17)29-5-2/h4,6-13,15,23H,1,5,14,16H2,2-3H3,(H,24,25)/b13-9+. The Morgan fingerprint density at radius 1 is 1.13 bits per heavy atom. The largest absolute Gasteiger partial charge is 0.493 e. The predicted molar refractivity (Wildman–Crippen MR) is 119 cm³/mol. The van der Waals surface area contributed by atoms with E-state index in [1.165, 1.54) is 12.2 Å².